The molecule has 2 aliphatic rings. The van der Waals surface area contributed by atoms with Gasteiger partial charge < -0.3 is 20.1 Å². The van der Waals surface area contributed by atoms with Crippen molar-refractivity contribution >= 4 is 28.8 Å². The fourth-order valence-corrected chi connectivity index (χ4v) is 4.16. The van der Waals surface area contributed by atoms with Crippen LogP contribution in [0.1, 0.15) is 51.2 Å². The van der Waals surface area contributed by atoms with E-state index < -0.39 is 29.4 Å². The number of hydrogen-bond acceptors (Lipinski definition) is 4. The normalized spacial score (nSPS) is 19.9. The van der Waals surface area contributed by atoms with E-state index in [9.17, 15) is 22.8 Å². The van der Waals surface area contributed by atoms with Crippen LogP contribution in [0.3, 0.4) is 0 Å². The minimum Gasteiger partial charge on any atom is -0.486 e. The molecule has 180 valence electrons. The van der Waals surface area contributed by atoms with E-state index in [-0.39, 0.29) is 11.7 Å². The Labute approximate surface area is 195 Å². The molecule has 0 aromatic heterocycles. The van der Waals surface area contributed by atoms with Gasteiger partial charge in [-0.15, -0.1) is 0 Å². The highest BCUT2D eigenvalue weighted by Gasteiger charge is 2.38. The Hall–Kier alpha value is -3.49. The number of ether oxygens (including phenoxy) is 2. The molecule has 2 aromatic carbocycles. The van der Waals surface area contributed by atoms with Gasteiger partial charge >= 0.3 is 6.18 Å². The van der Waals surface area contributed by atoms with Crippen LogP contribution < -0.4 is 20.1 Å². The van der Waals surface area contributed by atoms with Crippen LogP contribution in [0, 0.1) is 0 Å². The van der Waals surface area contributed by atoms with Crippen molar-refractivity contribution in [1.29, 1.82) is 0 Å². The van der Waals surface area contributed by atoms with Crippen molar-refractivity contribution in [3.05, 3.63) is 53.6 Å². The van der Waals surface area contributed by atoms with Crippen LogP contribution >= 0.6 is 0 Å². The smallest absolute Gasteiger partial charge is 0.416 e. The summed E-state index contributed by atoms with van der Waals surface area (Å²) in [6.07, 6.45) is -2.19. The van der Waals surface area contributed by atoms with Crippen molar-refractivity contribution in [3.8, 4) is 11.5 Å². The zero-order valence-electron chi connectivity index (χ0n) is 19.0. The van der Waals surface area contributed by atoms with E-state index in [0.29, 0.717) is 47.5 Å². The topological polar surface area (TPSA) is 76.7 Å². The van der Waals surface area contributed by atoms with E-state index in [1.165, 1.54) is 12.1 Å². The van der Waals surface area contributed by atoms with Gasteiger partial charge in [-0.3, -0.25) is 9.59 Å². The number of rotatable bonds is 4. The molecule has 2 N–H and O–H groups in total. The molecule has 0 fully saturated rings. The van der Waals surface area contributed by atoms with Crippen LogP contribution in [0.5, 0.6) is 11.5 Å². The van der Waals surface area contributed by atoms with Crippen LogP contribution in [0.2, 0.25) is 0 Å². The largest absolute Gasteiger partial charge is 0.486 e. The second-order valence-electron chi connectivity index (χ2n) is 8.50. The summed E-state index contributed by atoms with van der Waals surface area (Å²) < 4.78 is 51.3. The minimum atomic E-state index is -4.50. The Morgan fingerprint density at radius 1 is 1.18 bits per heavy atom. The molecule has 0 radical (unpaired) electrons. The SMILES string of the molecule is CCC1(CC)CC(=CC(=O)Nc2ccc3c(c2)NC(=O)C(C)O3)c2ccc(C(F)(F)F)cc2O1. The van der Waals surface area contributed by atoms with E-state index in [1.54, 1.807) is 25.1 Å². The number of amides is 2. The maximum atomic E-state index is 13.3. The molecule has 0 saturated heterocycles. The first-order valence-corrected chi connectivity index (χ1v) is 11.1. The third-order valence-electron chi connectivity index (χ3n) is 6.27. The maximum absolute atomic E-state index is 13.3. The summed E-state index contributed by atoms with van der Waals surface area (Å²) in [5, 5.41) is 5.47. The van der Waals surface area contributed by atoms with Gasteiger partial charge in [-0.25, -0.2) is 0 Å². The van der Waals surface area contributed by atoms with Crippen molar-refractivity contribution in [1.82, 2.24) is 0 Å². The quantitative estimate of drug-likeness (QED) is 0.550. The molecule has 0 saturated carbocycles. The highest BCUT2D eigenvalue weighted by atomic mass is 19.4. The van der Waals surface area contributed by atoms with E-state index in [0.717, 1.165) is 12.1 Å². The van der Waals surface area contributed by atoms with Crippen LogP contribution in [-0.2, 0) is 15.8 Å². The Bertz CT molecular complexity index is 1170. The van der Waals surface area contributed by atoms with Crippen molar-refractivity contribution in [2.24, 2.45) is 0 Å². The molecule has 0 bridgehead atoms. The van der Waals surface area contributed by atoms with E-state index in [1.807, 2.05) is 13.8 Å². The molecule has 2 heterocycles. The number of carbonyl (C=O) groups is 2. The van der Waals surface area contributed by atoms with E-state index in [2.05, 4.69) is 10.6 Å². The van der Waals surface area contributed by atoms with Crippen molar-refractivity contribution in [2.75, 3.05) is 10.6 Å². The molecular weight excluding hydrogens is 449 g/mol. The number of alkyl halides is 3. The Balaban J connectivity index is 1.63. The first kappa shape index (κ1) is 23.7. The lowest BCUT2D eigenvalue weighted by atomic mass is 9.83. The molecule has 6 nitrogen and oxygen atoms in total. The van der Waals surface area contributed by atoms with Crippen LogP contribution in [-0.4, -0.2) is 23.5 Å². The number of hydrogen-bond donors (Lipinski definition) is 2. The second kappa shape index (κ2) is 8.70. The lowest BCUT2D eigenvalue weighted by molar-refractivity contribution is -0.137. The predicted octanol–water partition coefficient (Wildman–Crippen LogP) is 5.79. The average molecular weight is 474 g/mol. The highest BCUT2D eigenvalue weighted by molar-refractivity contribution is 6.05. The maximum Gasteiger partial charge on any atom is 0.416 e. The first-order chi connectivity index (χ1) is 16.0. The Morgan fingerprint density at radius 2 is 1.91 bits per heavy atom. The van der Waals surface area contributed by atoms with Gasteiger partial charge in [0.2, 0.25) is 5.91 Å². The molecule has 1 unspecified atom stereocenters. The van der Waals surface area contributed by atoms with E-state index in [4.69, 9.17) is 9.47 Å². The number of anilines is 2. The Morgan fingerprint density at radius 3 is 2.59 bits per heavy atom. The third kappa shape index (κ3) is 4.60. The summed E-state index contributed by atoms with van der Waals surface area (Å²) in [6.45, 7) is 5.45. The fraction of sp³-hybridized carbons (Fsp3) is 0.360. The summed E-state index contributed by atoms with van der Waals surface area (Å²) in [7, 11) is 0. The summed E-state index contributed by atoms with van der Waals surface area (Å²) in [4.78, 5) is 24.7. The standard InChI is InChI=1S/C25H25F3N2O4/c1-4-24(5-2)13-15(18-8-6-16(25(26,27)28)11-21(18)34-24)10-22(31)29-17-7-9-20-19(12-17)30-23(32)14(3)33-20/h6-12,14H,4-5,13H2,1-3H3,(H,29,31)(H,30,32). The molecule has 4 rings (SSSR count). The fourth-order valence-electron chi connectivity index (χ4n) is 4.16. The van der Waals surface area contributed by atoms with Crippen molar-refractivity contribution in [3.63, 3.8) is 0 Å². The van der Waals surface area contributed by atoms with Gasteiger partial charge in [-0.2, -0.15) is 13.2 Å². The van der Waals surface area contributed by atoms with Crippen LogP contribution in [0.15, 0.2) is 42.5 Å². The second-order valence-corrected chi connectivity index (χ2v) is 8.50. The first-order valence-electron chi connectivity index (χ1n) is 11.1. The van der Waals surface area contributed by atoms with Gasteiger partial charge in [-0.1, -0.05) is 19.9 Å². The molecule has 0 spiro atoms. The van der Waals surface area contributed by atoms with Gasteiger partial charge in [0.25, 0.3) is 5.91 Å². The molecule has 2 amide bonds. The van der Waals surface area contributed by atoms with Gasteiger partial charge in [0.05, 0.1) is 11.3 Å². The van der Waals surface area contributed by atoms with Crippen LogP contribution in [0.4, 0.5) is 24.5 Å². The summed E-state index contributed by atoms with van der Waals surface area (Å²) in [5.41, 5.74) is 0.440. The minimum absolute atomic E-state index is 0.117. The predicted molar refractivity (Wildman–Crippen MR) is 122 cm³/mol. The van der Waals surface area contributed by atoms with Gasteiger partial charge in [0, 0.05) is 23.7 Å². The zero-order valence-corrected chi connectivity index (χ0v) is 19.0. The molecule has 34 heavy (non-hydrogen) atoms. The van der Waals surface area contributed by atoms with Gasteiger partial charge in [-0.05, 0) is 55.7 Å². The van der Waals surface area contributed by atoms with Gasteiger partial charge in [0.1, 0.15) is 17.1 Å². The van der Waals surface area contributed by atoms with Crippen molar-refractivity contribution in [2.45, 2.75) is 57.9 Å². The molecule has 9 heteroatoms. The number of fused-ring (bicyclic) bond motifs is 2. The molecular formula is C25H25F3N2O4. The highest BCUT2D eigenvalue weighted by Crippen LogP contribution is 2.45. The number of halogens is 3. The van der Waals surface area contributed by atoms with Crippen LogP contribution in [0.25, 0.3) is 5.57 Å². The molecule has 0 aliphatic carbocycles. The molecule has 2 aliphatic heterocycles. The molecule has 2 aromatic rings. The number of carbonyl (C=O) groups excluding carboxylic acids is 2. The Kier molecular flexibility index (Phi) is 6.05. The average Bonchev–Trinajstić information content (AvgIpc) is 2.78. The monoisotopic (exact) mass is 474 g/mol. The summed E-state index contributed by atoms with van der Waals surface area (Å²) in [6, 6.07) is 8.22. The molecule has 1 atom stereocenters. The lowest BCUT2D eigenvalue weighted by Crippen LogP contribution is -2.38. The van der Waals surface area contributed by atoms with Crippen molar-refractivity contribution < 1.29 is 32.2 Å². The number of benzene rings is 2. The third-order valence-corrected chi connectivity index (χ3v) is 6.27. The van der Waals surface area contributed by atoms with Gasteiger partial charge in [0.15, 0.2) is 6.10 Å². The summed E-state index contributed by atoms with van der Waals surface area (Å²) >= 11 is 0. The zero-order chi connectivity index (χ0) is 24.7. The lowest BCUT2D eigenvalue weighted by Gasteiger charge is -2.39. The summed E-state index contributed by atoms with van der Waals surface area (Å²) in [5.74, 6) is -0.115. The van der Waals surface area contributed by atoms with E-state index >= 15 is 0 Å². The number of nitrogens with one attached hydrogen (secondary N) is 2.